The van der Waals surface area contributed by atoms with Gasteiger partial charge in [-0.25, -0.2) is 9.42 Å². The van der Waals surface area contributed by atoms with Crippen molar-refractivity contribution < 1.29 is 19.1 Å². The summed E-state index contributed by atoms with van der Waals surface area (Å²) in [5.74, 6) is -1.04. The third-order valence-electron chi connectivity index (χ3n) is 2.07. The van der Waals surface area contributed by atoms with E-state index in [2.05, 4.69) is 19.8 Å². The topological polar surface area (TPSA) is 94.3 Å². The zero-order valence-electron chi connectivity index (χ0n) is 8.97. The van der Waals surface area contributed by atoms with Crippen molar-refractivity contribution in [3.8, 4) is 0 Å². The van der Waals surface area contributed by atoms with Crippen LogP contribution in [0.1, 0.15) is 23.7 Å². The molecular formula is C10H9N3O4. The van der Waals surface area contributed by atoms with E-state index in [1.165, 1.54) is 12.1 Å². The summed E-state index contributed by atoms with van der Waals surface area (Å²) in [7, 11) is 0. The van der Waals surface area contributed by atoms with E-state index in [-0.39, 0.29) is 17.9 Å². The lowest BCUT2D eigenvalue weighted by Gasteiger charge is -2.03. The average Bonchev–Trinajstić information content (AvgIpc) is 2.82. The maximum Gasteiger partial charge on any atom is 0.363 e. The van der Waals surface area contributed by atoms with Crippen LogP contribution in [0.25, 0.3) is 11.0 Å². The van der Waals surface area contributed by atoms with E-state index in [4.69, 9.17) is 0 Å². The Morgan fingerprint density at radius 2 is 2.12 bits per heavy atom. The molecule has 1 aromatic heterocycles. The fourth-order valence-electron chi connectivity index (χ4n) is 1.14. The smallest absolute Gasteiger partial charge is 0.335 e. The van der Waals surface area contributed by atoms with Gasteiger partial charge in [0.2, 0.25) is 0 Å². The van der Waals surface area contributed by atoms with Crippen LogP contribution < -0.4 is 5.48 Å². The first kappa shape index (κ1) is 11.1. The molecule has 1 amide bonds. The van der Waals surface area contributed by atoms with E-state index in [0.29, 0.717) is 11.0 Å². The molecule has 0 fully saturated rings. The number of amides is 1. The summed E-state index contributed by atoms with van der Waals surface area (Å²) in [4.78, 5) is 27.0. The maximum atomic E-state index is 11.5. The molecule has 1 N–H and O–H groups in total. The highest BCUT2D eigenvalue weighted by atomic mass is 16.7. The molecule has 0 unspecified atom stereocenters. The number of nitrogens with one attached hydrogen (secondary N) is 1. The second-order valence-corrected chi connectivity index (χ2v) is 3.24. The molecule has 0 saturated carbocycles. The maximum absolute atomic E-state index is 11.5. The third-order valence-corrected chi connectivity index (χ3v) is 2.07. The van der Waals surface area contributed by atoms with Gasteiger partial charge in [-0.05, 0) is 28.5 Å². The van der Waals surface area contributed by atoms with Crippen LogP contribution in [0.3, 0.4) is 0 Å². The summed E-state index contributed by atoms with van der Waals surface area (Å²) < 4.78 is 4.49. The van der Waals surface area contributed by atoms with E-state index in [0.717, 1.165) is 0 Å². The monoisotopic (exact) mass is 235 g/mol. The SMILES string of the molecule is CCC(=O)NOC(=O)c1ccc2nonc2c1. The summed E-state index contributed by atoms with van der Waals surface area (Å²) >= 11 is 0. The first-order chi connectivity index (χ1) is 8.20. The lowest BCUT2D eigenvalue weighted by atomic mass is 10.2. The van der Waals surface area contributed by atoms with Crippen molar-refractivity contribution in [2.75, 3.05) is 0 Å². The summed E-state index contributed by atoms with van der Waals surface area (Å²) in [5.41, 5.74) is 3.27. The van der Waals surface area contributed by atoms with Crippen LogP contribution in [0.2, 0.25) is 0 Å². The van der Waals surface area contributed by atoms with Crippen molar-refractivity contribution in [3.05, 3.63) is 23.8 Å². The molecule has 7 nitrogen and oxygen atoms in total. The predicted octanol–water partition coefficient (Wildman–Crippen LogP) is 0.821. The van der Waals surface area contributed by atoms with Crippen LogP contribution in [0.4, 0.5) is 0 Å². The second kappa shape index (κ2) is 4.60. The Bertz CT molecular complexity index is 563. The Morgan fingerprint density at radius 1 is 1.35 bits per heavy atom. The van der Waals surface area contributed by atoms with Crippen LogP contribution in [-0.4, -0.2) is 22.2 Å². The lowest BCUT2D eigenvalue weighted by Crippen LogP contribution is -2.26. The van der Waals surface area contributed by atoms with E-state index >= 15 is 0 Å². The van der Waals surface area contributed by atoms with Crippen molar-refractivity contribution in [1.29, 1.82) is 0 Å². The molecule has 0 radical (unpaired) electrons. The van der Waals surface area contributed by atoms with Crippen LogP contribution in [0, 0.1) is 0 Å². The third kappa shape index (κ3) is 2.39. The van der Waals surface area contributed by atoms with Gasteiger partial charge >= 0.3 is 5.97 Å². The highest BCUT2D eigenvalue weighted by Gasteiger charge is 2.11. The fourth-order valence-corrected chi connectivity index (χ4v) is 1.14. The van der Waals surface area contributed by atoms with E-state index in [1.54, 1.807) is 13.0 Å². The van der Waals surface area contributed by atoms with Crippen molar-refractivity contribution in [1.82, 2.24) is 15.8 Å². The van der Waals surface area contributed by atoms with Crippen molar-refractivity contribution in [2.45, 2.75) is 13.3 Å². The van der Waals surface area contributed by atoms with Gasteiger partial charge in [0.25, 0.3) is 5.91 Å². The Kier molecular flexibility index (Phi) is 2.99. The summed E-state index contributed by atoms with van der Waals surface area (Å²) in [6.45, 7) is 1.65. The number of rotatable bonds is 2. The van der Waals surface area contributed by atoms with Gasteiger partial charge in [0.05, 0.1) is 5.56 Å². The Labute approximate surface area is 95.6 Å². The number of benzene rings is 1. The molecule has 0 atom stereocenters. The second-order valence-electron chi connectivity index (χ2n) is 3.24. The molecular weight excluding hydrogens is 226 g/mol. The summed E-state index contributed by atoms with van der Waals surface area (Å²) in [5, 5.41) is 7.19. The minimum atomic E-state index is -0.670. The van der Waals surface area contributed by atoms with Crippen LogP contribution in [0.15, 0.2) is 22.8 Å². The molecule has 0 aliphatic rings. The van der Waals surface area contributed by atoms with Gasteiger partial charge in [-0.1, -0.05) is 6.92 Å². The quantitative estimate of drug-likeness (QED) is 0.774. The summed E-state index contributed by atoms with van der Waals surface area (Å²) in [6.07, 6.45) is 0.236. The lowest BCUT2D eigenvalue weighted by molar-refractivity contribution is -0.129. The number of hydrogen-bond acceptors (Lipinski definition) is 6. The number of fused-ring (bicyclic) bond motifs is 1. The largest absolute Gasteiger partial charge is 0.363 e. The Hall–Kier alpha value is -2.44. The number of carbonyl (C=O) groups excluding carboxylic acids is 2. The highest BCUT2D eigenvalue weighted by Crippen LogP contribution is 2.12. The fraction of sp³-hybridized carbons (Fsp3) is 0.200. The normalized spacial score (nSPS) is 10.2. The average molecular weight is 235 g/mol. The molecule has 2 rings (SSSR count). The number of hydrogen-bond donors (Lipinski definition) is 1. The standard InChI is InChI=1S/C10H9N3O4/c1-2-9(14)13-16-10(15)6-3-4-7-8(5-6)12-17-11-7/h3-5H,2H2,1H3,(H,13,14). The van der Waals surface area contributed by atoms with Gasteiger partial charge in [-0.15, -0.1) is 0 Å². The summed E-state index contributed by atoms with van der Waals surface area (Å²) in [6, 6.07) is 4.54. The zero-order valence-corrected chi connectivity index (χ0v) is 8.97. The van der Waals surface area contributed by atoms with Gasteiger partial charge < -0.3 is 4.84 Å². The molecule has 1 aromatic carbocycles. The minimum absolute atomic E-state index is 0.236. The molecule has 1 heterocycles. The first-order valence-electron chi connectivity index (χ1n) is 4.93. The molecule has 2 aromatic rings. The minimum Gasteiger partial charge on any atom is -0.335 e. The van der Waals surface area contributed by atoms with Gasteiger partial charge in [-0.2, -0.15) is 5.48 Å². The number of aromatic nitrogens is 2. The molecule has 17 heavy (non-hydrogen) atoms. The van der Waals surface area contributed by atoms with Crippen molar-refractivity contribution >= 4 is 22.9 Å². The van der Waals surface area contributed by atoms with Crippen LogP contribution >= 0.6 is 0 Å². The van der Waals surface area contributed by atoms with Crippen molar-refractivity contribution in [2.24, 2.45) is 0 Å². The van der Waals surface area contributed by atoms with E-state index in [1.807, 2.05) is 5.48 Å². The van der Waals surface area contributed by atoms with Crippen LogP contribution in [-0.2, 0) is 9.63 Å². The van der Waals surface area contributed by atoms with Gasteiger partial charge in [0, 0.05) is 6.42 Å². The van der Waals surface area contributed by atoms with Gasteiger partial charge in [-0.3, -0.25) is 4.79 Å². The number of hydroxylamine groups is 1. The van der Waals surface area contributed by atoms with Gasteiger partial charge in [0.15, 0.2) is 0 Å². The van der Waals surface area contributed by atoms with Gasteiger partial charge in [0.1, 0.15) is 11.0 Å². The van der Waals surface area contributed by atoms with E-state index < -0.39 is 5.97 Å². The molecule has 0 saturated heterocycles. The number of nitrogens with zero attached hydrogens (tertiary/aromatic N) is 2. The first-order valence-corrected chi connectivity index (χ1v) is 4.93. The number of carbonyl (C=O) groups is 2. The molecule has 0 bridgehead atoms. The van der Waals surface area contributed by atoms with Crippen LogP contribution in [0.5, 0.6) is 0 Å². The predicted molar refractivity (Wildman–Crippen MR) is 55.7 cm³/mol. The molecule has 0 spiro atoms. The van der Waals surface area contributed by atoms with E-state index in [9.17, 15) is 9.59 Å². The molecule has 0 aliphatic heterocycles. The molecule has 88 valence electrons. The Morgan fingerprint density at radius 3 is 2.88 bits per heavy atom. The molecule has 0 aliphatic carbocycles. The highest BCUT2D eigenvalue weighted by molar-refractivity contribution is 5.93. The Balaban J connectivity index is 2.10. The zero-order chi connectivity index (χ0) is 12.3. The van der Waals surface area contributed by atoms with Crippen molar-refractivity contribution in [3.63, 3.8) is 0 Å². The molecule has 7 heteroatoms.